The molecule has 1 aromatic heterocycles. The van der Waals surface area contributed by atoms with E-state index >= 15 is 0 Å². The lowest BCUT2D eigenvalue weighted by Gasteiger charge is -2.53. The molecule has 4 nitrogen and oxygen atoms in total. The molecule has 1 fully saturated rings. The van der Waals surface area contributed by atoms with Crippen molar-refractivity contribution >= 4 is 11.6 Å². The van der Waals surface area contributed by atoms with Gasteiger partial charge in [-0.1, -0.05) is 36.7 Å². The third-order valence-electron chi connectivity index (χ3n) is 4.03. The van der Waals surface area contributed by atoms with Crippen LogP contribution in [0.25, 0.3) is 0 Å². The predicted octanol–water partition coefficient (Wildman–Crippen LogP) is 2.88. The normalized spacial score (nSPS) is 30.1. The number of halogens is 1. The van der Waals surface area contributed by atoms with E-state index in [1.165, 1.54) is 6.33 Å². The molecule has 0 aliphatic carbocycles. The lowest BCUT2D eigenvalue weighted by molar-refractivity contribution is -0.263. The summed E-state index contributed by atoms with van der Waals surface area (Å²) in [5.74, 6) is 0.372. The summed E-state index contributed by atoms with van der Waals surface area (Å²) < 4.78 is 7.90. The van der Waals surface area contributed by atoms with Crippen molar-refractivity contribution in [3.63, 3.8) is 0 Å². The molecule has 0 unspecified atom stereocenters. The van der Waals surface area contributed by atoms with Crippen LogP contribution in [0.1, 0.15) is 19.4 Å². The Bertz CT molecular complexity index is 572. The highest BCUT2D eigenvalue weighted by atomic mass is 35.5. The van der Waals surface area contributed by atoms with Gasteiger partial charge in [-0.25, -0.2) is 9.67 Å². The maximum atomic E-state index is 6.35. The number of benzene rings is 1. The van der Waals surface area contributed by atoms with Gasteiger partial charge in [0.05, 0.1) is 12.6 Å². The van der Waals surface area contributed by atoms with Gasteiger partial charge < -0.3 is 4.74 Å². The van der Waals surface area contributed by atoms with Crippen LogP contribution < -0.4 is 0 Å². The van der Waals surface area contributed by atoms with Crippen LogP contribution >= 0.6 is 11.6 Å². The number of hydrogen-bond donors (Lipinski definition) is 0. The molecular formula is C14H16ClN3O. The Morgan fingerprint density at radius 2 is 2.16 bits per heavy atom. The van der Waals surface area contributed by atoms with Crippen LogP contribution in [0.15, 0.2) is 36.9 Å². The fraction of sp³-hybridized carbons (Fsp3) is 0.429. The average Bonchev–Trinajstić information content (AvgIpc) is 2.91. The van der Waals surface area contributed by atoms with Crippen molar-refractivity contribution < 1.29 is 4.74 Å². The van der Waals surface area contributed by atoms with Crippen LogP contribution in [0, 0.1) is 5.92 Å². The number of nitrogens with zero attached hydrogens (tertiary/aromatic N) is 3. The first kappa shape index (κ1) is 12.6. The second kappa shape index (κ2) is 4.62. The van der Waals surface area contributed by atoms with Crippen molar-refractivity contribution in [2.75, 3.05) is 0 Å². The van der Waals surface area contributed by atoms with Crippen molar-refractivity contribution in [1.29, 1.82) is 0 Å². The minimum atomic E-state index is -0.411. The van der Waals surface area contributed by atoms with Gasteiger partial charge in [-0.15, -0.1) is 0 Å². The molecule has 0 saturated carbocycles. The molecule has 2 aromatic rings. The highest BCUT2D eigenvalue weighted by Gasteiger charge is 2.53. The van der Waals surface area contributed by atoms with Gasteiger partial charge >= 0.3 is 0 Å². The van der Waals surface area contributed by atoms with Gasteiger partial charge in [0.25, 0.3) is 0 Å². The summed E-state index contributed by atoms with van der Waals surface area (Å²) in [6.07, 6.45) is 3.46. The molecule has 1 aliphatic heterocycles. The number of aromatic nitrogens is 3. The second-order valence-corrected chi connectivity index (χ2v) is 5.48. The van der Waals surface area contributed by atoms with E-state index in [1.54, 1.807) is 11.0 Å². The largest absolute Gasteiger partial charge is 0.365 e. The van der Waals surface area contributed by atoms with Gasteiger partial charge in [-0.3, -0.25) is 0 Å². The zero-order valence-electron chi connectivity index (χ0n) is 11.0. The van der Waals surface area contributed by atoms with E-state index in [-0.39, 0.29) is 6.10 Å². The molecule has 1 aromatic carbocycles. The number of rotatable bonds is 3. The summed E-state index contributed by atoms with van der Waals surface area (Å²) in [4.78, 5) is 3.99. The maximum absolute atomic E-state index is 6.35. The fourth-order valence-electron chi connectivity index (χ4n) is 2.78. The van der Waals surface area contributed by atoms with E-state index in [1.807, 2.05) is 24.3 Å². The lowest BCUT2D eigenvalue weighted by atomic mass is 9.74. The third-order valence-corrected chi connectivity index (χ3v) is 4.36. The minimum Gasteiger partial charge on any atom is -0.365 e. The number of hydrogen-bond acceptors (Lipinski definition) is 3. The summed E-state index contributed by atoms with van der Waals surface area (Å²) >= 11 is 6.35. The van der Waals surface area contributed by atoms with E-state index in [9.17, 15) is 0 Å². The highest BCUT2D eigenvalue weighted by Crippen LogP contribution is 2.49. The van der Waals surface area contributed by atoms with Crippen molar-refractivity contribution in [3.05, 3.63) is 47.5 Å². The lowest BCUT2D eigenvalue weighted by Crippen LogP contribution is -2.57. The molecule has 1 aliphatic rings. The van der Waals surface area contributed by atoms with E-state index in [0.717, 1.165) is 10.6 Å². The van der Waals surface area contributed by atoms with Crippen molar-refractivity contribution in [2.24, 2.45) is 5.92 Å². The Morgan fingerprint density at radius 3 is 2.74 bits per heavy atom. The SMILES string of the molecule is C[C@@H]1O[C@@](Cn2cncn2)(c2ccccc2Cl)[C@H]1C. The summed E-state index contributed by atoms with van der Waals surface area (Å²) in [5, 5.41) is 4.92. The van der Waals surface area contributed by atoms with Crippen molar-refractivity contribution in [1.82, 2.24) is 14.8 Å². The summed E-state index contributed by atoms with van der Waals surface area (Å²) in [6.45, 7) is 4.90. The van der Waals surface area contributed by atoms with Crippen LogP contribution in [0.3, 0.4) is 0 Å². The first-order chi connectivity index (χ1) is 9.13. The van der Waals surface area contributed by atoms with Crippen molar-refractivity contribution in [3.8, 4) is 0 Å². The molecule has 3 atom stereocenters. The number of ether oxygens (including phenoxy) is 1. The maximum Gasteiger partial charge on any atom is 0.137 e. The molecule has 0 bridgehead atoms. The Balaban J connectivity index is 2.01. The topological polar surface area (TPSA) is 39.9 Å². The molecule has 5 heteroatoms. The summed E-state index contributed by atoms with van der Waals surface area (Å²) in [6, 6.07) is 7.85. The quantitative estimate of drug-likeness (QED) is 0.866. The molecule has 3 rings (SSSR count). The van der Waals surface area contributed by atoms with Gasteiger partial charge in [0, 0.05) is 16.5 Å². The van der Waals surface area contributed by atoms with Crippen LogP contribution in [-0.2, 0) is 16.9 Å². The summed E-state index contributed by atoms with van der Waals surface area (Å²) in [5.41, 5.74) is 0.614. The van der Waals surface area contributed by atoms with Gasteiger partial charge in [0.15, 0.2) is 0 Å². The Hall–Kier alpha value is -1.39. The van der Waals surface area contributed by atoms with E-state index < -0.39 is 5.60 Å². The highest BCUT2D eigenvalue weighted by molar-refractivity contribution is 6.31. The van der Waals surface area contributed by atoms with E-state index in [4.69, 9.17) is 16.3 Å². The standard InChI is InChI=1S/C14H16ClN3O/c1-10-11(2)19-14(10,7-18-9-16-8-17-18)12-5-3-4-6-13(12)15/h3-6,8-11H,7H2,1-2H3/t10-,11-,14+/m0/s1. The van der Waals surface area contributed by atoms with Crippen LogP contribution in [0.2, 0.25) is 5.02 Å². The Kier molecular flexibility index (Phi) is 3.07. The average molecular weight is 278 g/mol. The Morgan fingerprint density at radius 1 is 1.37 bits per heavy atom. The van der Waals surface area contributed by atoms with Gasteiger partial charge in [0.2, 0.25) is 0 Å². The molecule has 1 saturated heterocycles. The van der Waals surface area contributed by atoms with Gasteiger partial charge in [-0.05, 0) is 13.0 Å². The van der Waals surface area contributed by atoms with Crippen LogP contribution in [0.5, 0.6) is 0 Å². The van der Waals surface area contributed by atoms with E-state index in [2.05, 4.69) is 23.9 Å². The van der Waals surface area contributed by atoms with E-state index in [0.29, 0.717) is 12.5 Å². The molecule has 19 heavy (non-hydrogen) atoms. The molecule has 2 heterocycles. The molecule has 0 spiro atoms. The van der Waals surface area contributed by atoms with Crippen LogP contribution in [-0.4, -0.2) is 20.9 Å². The third kappa shape index (κ3) is 1.95. The molecule has 0 N–H and O–H groups in total. The van der Waals surface area contributed by atoms with Crippen molar-refractivity contribution in [2.45, 2.75) is 32.1 Å². The van der Waals surface area contributed by atoms with Crippen LogP contribution in [0.4, 0.5) is 0 Å². The second-order valence-electron chi connectivity index (χ2n) is 5.07. The fourth-order valence-corrected chi connectivity index (χ4v) is 3.08. The first-order valence-electron chi connectivity index (χ1n) is 6.39. The predicted molar refractivity (Wildman–Crippen MR) is 72.9 cm³/mol. The molecule has 0 amide bonds. The first-order valence-corrected chi connectivity index (χ1v) is 6.76. The zero-order chi connectivity index (χ0) is 13.5. The molecular weight excluding hydrogens is 262 g/mol. The smallest absolute Gasteiger partial charge is 0.137 e. The molecule has 0 radical (unpaired) electrons. The minimum absolute atomic E-state index is 0.222. The van der Waals surface area contributed by atoms with Gasteiger partial charge in [0.1, 0.15) is 18.3 Å². The zero-order valence-corrected chi connectivity index (χ0v) is 11.7. The Labute approximate surface area is 117 Å². The summed E-state index contributed by atoms with van der Waals surface area (Å²) in [7, 11) is 0. The molecule has 100 valence electrons. The van der Waals surface area contributed by atoms with Gasteiger partial charge in [-0.2, -0.15) is 5.10 Å². The monoisotopic (exact) mass is 277 g/mol.